The summed E-state index contributed by atoms with van der Waals surface area (Å²) in [6.07, 6.45) is -0.825. The average Bonchev–Trinajstić information content (AvgIpc) is 2.47. The van der Waals surface area contributed by atoms with Gasteiger partial charge in [0.2, 0.25) is 0 Å². The molecule has 0 saturated heterocycles. The zero-order chi connectivity index (χ0) is 15.4. The van der Waals surface area contributed by atoms with Crippen LogP contribution in [-0.4, -0.2) is 17.1 Å². The Kier molecular flexibility index (Phi) is 5.23. The molecule has 1 amide bonds. The van der Waals surface area contributed by atoms with Crippen LogP contribution in [0.2, 0.25) is 10.0 Å². The molecule has 2 aromatic rings. The van der Waals surface area contributed by atoms with E-state index in [0.717, 1.165) is 0 Å². The molecule has 2 atom stereocenters. The fourth-order valence-corrected chi connectivity index (χ4v) is 2.30. The van der Waals surface area contributed by atoms with E-state index in [1.807, 2.05) is 0 Å². The van der Waals surface area contributed by atoms with E-state index in [1.54, 1.807) is 55.5 Å². The van der Waals surface area contributed by atoms with Crippen LogP contribution in [0, 0.1) is 0 Å². The lowest BCUT2D eigenvalue weighted by molar-refractivity contribution is 0.0852. The van der Waals surface area contributed by atoms with Gasteiger partial charge in [0.15, 0.2) is 0 Å². The fraction of sp³-hybridized carbons (Fsp3) is 0.188. The molecule has 0 aliphatic rings. The van der Waals surface area contributed by atoms with E-state index < -0.39 is 12.1 Å². The smallest absolute Gasteiger partial charge is 0.253 e. The minimum atomic E-state index is -0.825. The second kappa shape index (κ2) is 6.94. The van der Waals surface area contributed by atoms with Gasteiger partial charge >= 0.3 is 0 Å². The number of hydrogen-bond donors (Lipinski definition) is 2. The van der Waals surface area contributed by atoms with Crippen LogP contribution in [0.1, 0.15) is 28.9 Å². The first-order valence-corrected chi connectivity index (χ1v) is 7.23. The molecule has 2 N–H and O–H groups in total. The Labute approximate surface area is 133 Å². The molecular formula is C16H15Cl2NO2. The summed E-state index contributed by atoms with van der Waals surface area (Å²) in [5, 5.41) is 14.0. The molecule has 0 spiro atoms. The number of rotatable bonds is 4. The lowest BCUT2D eigenvalue weighted by Crippen LogP contribution is -2.37. The van der Waals surface area contributed by atoms with E-state index in [4.69, 9.17) is 23.2 Å². The van der Waals surface area contributed by atoms with Crippen molar-refractivity contribution in [1.29, 1.82) is 0 Å². The molecule has 5 heteroatoms. The number of hydrogen-bond acceptors (Lipinski definition) is 2. The van der Waals surface area contributed by atoms with Gasteiger partial charge < -0.3 is 10.4 Å². The third-order valence-electron chi connectivity index (χ3n) is 3.16. The Bertz CT molecular complexity index is 628. The Morgan fingerprint density at radius 2 is 1.71 bits per heavy atom. The monoisotopic (exact) mass is 323 g/mol. The van der Waals surface area contributed by atoms with E-state index in [9.17, 15) is 9.90 Å². The van der Waals surface area contributed by atoms with Crippen LogP contribution >= 0.6 is 23.2 Å². The molecule has 21 heavy (non-hydrogen) atoms. The van der Waals surface area contributed by atoms with Crippen molar-refractivity contribution < 1.29 is 9.90 Å². The van der Waals surface area contributed by atoms with Crippen LogP contribution in [0.4, 0.5) is 0 Å². The zero-order valence-corrected chi connectivity index (χ0v) is 12.9. The number of nitrogens with one attached hydrogen (secondary N) is 1. The van der Waals surface area contributed by atoms with Crippen molar-refractivity contribution in [3.8, 4) is 0 Å². The standard InChI is InChI=1S/C16H15Cl2NO2/c1-10(15(20)11-6-8-12(17)9-7-11)19-16(21)13-4-2-3-5-14(13)18/h2-10,15,20H,1H3,(H,19,21). The van der Waals surface area contributed by atoms with Crippen LogP contribution in [0.3, 0.4) is 0 Å². The maximum atomic E-state index is 12.1. The Hall–Kier alpha value is -1.55. The van der Waals surface area contributed by atoms with Gasteiger partial charge in [-0.15, -0.1) is 0 Å². The molecule has 0 saturated carbocycles. The van der Waals surface area contributed by atoms with Gasteiger partial charge in [0.05, 0.1) is 22.7 Å². The molecule has 0 bridgehead atoms. The third-order valence-corrected chi connectivity index (χ3v) is 3.74. The molecule has 0 fully saturated rings. The molecule has 2 unspecified atom stereocenters. The molecule has 2 aromatic carbocycles. The summed E-state index contributed by atoms with van der Waals surface area (Å²) < 4.78 is 0. The molecule has 3 nitrogen and oxygen atoms in total. The highest BCUT2D eigenvalue weighted by Gasteiger charge is 2.20. The van der Waals surface area contributed by atoms with E-state index in [2.05, 4.69) is 5.32 Å². The van der Waals surface area contributed by atoms with Gasteiger partial charge in [-0.25, -0.2) is 0 Å². The number of aliphatic hydroxyl groups excluding tert-OH is 1. The van der Waals surface area contributed by atoms with Gasteiger partial charge in [-0.05, 0) is 36.8 Å². The van der Waals surface area contributed by atoms with Gasteiger partial charge in [0, 0.05) is 5.02 Å². The number of carbonyl (C=O) groups excluding carboxylic acids is 1. The van der Waals surface area contributed by atoms with Gasteiger partial charge in [-0.2, -0.15) is 0 Å². The molecule has 0 heterocycles. The molecular weight excluding hydrogens is 309 g/mol. The van der Waals surface area contributed by atoms with E-state index >= 15 is 0 Å². The lowest BCUT2D eigenvalue weighted by Gasteiger charge is -2.21. The molecule has 110 valence electrons. The Morgan fingerprint density at radius 3 is 2.33 bits per heavy atom. The normalized spacial score (nSPS) is 13.5. The maximum absolute atomic E-state index is 12.1. The second-order valence-corrected chi connectivity index (χ2v) is 5.58. The second-order valence-electron chi connectivity index (χ2n) is 4.74. The van der Waals surface area contributed by atoms with Crippen LogP contribution in [0.15, 0.2) is 48.5 Å². The van der Waals surface area contributed by atoms with Crippen LogP contribution in [-0.2, 0) is 0 Å². The average molecular weight is 324 g/mol. The number of carbonyl (C=O) groups is 1. The topological polar surface area (TPSA) is 49.3 Å². The van der Waals surface area contributed by atoms with Gasteiger partial charge in [0.1, 0.15) is 0 Å². The zero-order valence-electron chi connectivity index (χ0n) is 11.4. The van der Waals surface area contributed by atoms with Gasteiger partial charge in [0.25, 0.3) is 5.91 Å². The number of halogens is 2. The number of aliphatic hydroxyl groups is 1. The highest BCUT2D eigenvalue weighted by atomic mass is 35.5. The third kappa shape index (κ3) is 3.97. The van der Waals surface area contributed by atoms with Crippen molar-refractivity contribution in [1.82, 2.24) is 5.32 Å². The van der Waals surface area contributed by atoms with Crippen molar-refractivity contribution in [2.45, 2.75) is 19.1 Å². The van der Waals surface area contributed by atoms with E-state index in [-0.39, 0.29) is 5.91 Å². The van der Waals surface area contributed by atoms with Crippen molar-refractivity contribution in [2.24, 2.45) is 0 Å². The number of amides is 1. The summed E-state index contributed by atoms with van der Waals surface area (Å²) >= 11 is 11.8. The molecule has 0 radical (unpaired) electrons. The predicted molar refractivity (Wildman–Crippen MR) is 84.8 cm³/mol. The van der Waals surface area contributed by atoms with Crippen molar-refractivity contribution in [3.63, 3.8) is 0 Å². The van der Waals surface area contributed by atoms with Crippen LogP contribution in [0.25, 0.3) is 0 Å². The highest BCUT2D eigenvalue weighted by Crippen LogP contribution is 2.20. The minimum absolute atomic E-state index is 0.318. The molecule has 0 aliphatic carbocycles. The first-order chi connectivity index (χ1) is 9.99. The van der Waals surface area contributed by atoms with Gasteiger partial charge in [-0.3, -0.25) is 4.79 Å². The van der Waals surface area contributed by atoms with Crippen LogP contribution in [0.5, 0.6) is 0 Å². The first kappa shape index (κ1) is 15.8. The summed E-state index contributed by atoms with van der Waals surface area (Å²) in [5.41, 5.74) is 1.07. The summed E-state index contributed by atoms with van der Waals surface area (Å²) in [4.78, 5) is 12.1. The fourth-order valence-electron chi connectivity index (χ4n) is 1.96. The van der Waals surface area contributed by atoms with E-state index in [1.165, 1.54) is 0 Å². The van der Waals surface area contributed by atoms with Crippen LogP contribution < -0.4 is 5.32 Å². The maximum Gasteiger partial charge on any atom is 0.253 e. The van der Waals surface area contributed by atoms with Crippen molar-refractivity contribution >= 4 is 29.1 Å². The molecule has 0 aromatic heterocycles. The minimum Gasteiger partial charge on any atom is -0.386 e. The Morgan fingerprint density at radius 1 is 1.10 bits per heavy atom. The van der Waals surface area contributed by atoms with E-state index in [0.29, 0.717) is 21.2 Å². The SMILES string of the molecule is CC(NC(=O)c1ccccc1Cl)C(O)c1ccc(Cl)cc1. The molecule has 2 rings (SSSR count). The summed E-state index contributed by atoms with van der Waals surface area (Å²) in [5.74, 6) is -0.318. The Balaban J connectivity index is 2.07. The summed E-state index contributed by atoms with van der Waals surface area (Å²) in [6.45, 7) is 1.73. The van der Waals surface area contributed by atoms with Crippen molar-refractivity contribution in [2.75, 3.05) is 0 Å². The first-order valence-electron chi connectivity index (χ1n) is 6.48. The summed E-state index contributed by atoms with van der Waals surface area (Å²) in [6, 6.07) is 13.2. The summed E-state index contributed by atoms with van der Waals surface area (Å²) in [7, 11) is 0. The lowest BCUT2D eigenvalue weighted by atomic mass is 10.0. The number of benzene rings is 2. The largest absolute Gasteiger partial charge is 0.386 e. The van der Waals surface area contributed by atoms with Crippen molar-refractivity contribution in [3.05, 3.63) is 69.7 Å². The molecule has 0 aliphatic heterocycles. The van der Waals surface area contributed by atoms with Gasteiger partial charge in [-0.1, -0.05) is 47.5 Å². The highest BCUT2D eigenvalue weighted by molar-refractivity contribution is 6.33. The predicted octanol–water partition coefficient (Wildman–Crippen LogP) is 3.85. The quantitative estimate of drug-likeness (QED) is 0.897.